The molecule has 0 amide bonds. The molecule has 2 heterocycles. The minimum atomic E-state index is 1.09. The number of nitrogens with zero attached hydrogens (tertiary/aromatic N) is 1. The zero-order valence-electron chi connectivity index (χ0n) is 9.74. The van der Waals surface area contributed by atoms with Crippen molar-refractivity contribution in [1.82, 2.24) is 10.2 Å². The van der Waals surface area contributed by atoms with Crippen LogP contribution in [0.2, 0.25) is 0 Å². The molecule has 3 rings (SSSR count). The summed E-state index contributed by atoms with van der Waals surface area (Å²) < 4.78 is 0. The smallest absolute Gasteiger partial charge is 0.0886 e. The van der Waals surface area contributed by atoms with E-state index in [1.165, 1.54) is 26.4 Å². The standard InChI is InChI=1S/C13H13N3S/c1-8-9(12-5-6-13(14-2)17-12)3-4-11-10(8)7-15-16-11/h3-7,14H,1-2H3,(H,15,16). The second kappa shape index (κ2) is 3.89. The lowest BCUT2D eigenvalue weighted by atomic mass is 10.0. The van der Waals surface area contributed by atoms with E-state index in [9.17, 15) is 0 Å². The number of fused-ring (bicyclic) bond motifs is 1. The Morgan fingerprint density at radius 2 is 2.12 bits per heavy atom. The summed E-state index contributed by atoms with van der Waals surface area (Å²) in [6.07, 6.45) is 1.89. The monoisotopic (exact) mass is 243 g/mol. The van der Waals surface area contributed by atoms with Crippen LogP contribution in [0.5, 0.6) is 0 Å². The molecular formula is C13H13N3S. The molecule has 0 radical (unpaired) electrons. The van der Waals surface area contributed by atoms with E-state index >= 15 is 0 Å². The van der Waals surface area contributed by atoms with Crippen molar-refractivity contribution < 1.29 is 0 Å². The van der Waals surface area contributed by atoms with E-state index in [4.69, 9.17) is 0 Å². The maximum absolute atomic E-state index is 4.08. The molecule has 0 aliphatic carbocycles. The first-order chi connectivity index (χ1) is 8.29. The lowest BCUT2D eigenvalue weighted by Gasteiger charge is -2.04. The number of benzene rings is 1. The highest BCUT2D eigenvalue weighted by Crippen LogP contribution is 2.35. The Kier molecular flexibility index (Phi) is 2.37. The zero-order chi connectivity index (χ0) is 11.8. The molecule has 86 valence electrons. The van der Waals surface area contributed by atoms with Gasteiger partial charge >= 0.3 is 0 Å². The molecule has 4 heteroatoms. The van der Waals surface area contributed by atoms with Crippen LogP contribution in [0.15, 0.2) is 30.5 Å². The van der Waals surface area contributed by atoms with E-state index in [-0.39, 0.29) is 0 Å². The topological polar surface area (TPSA) is 40.7 Å². The number of H-pyrrole nitrogens is 1. The predicted molar refractivity (Wildman–Crippen MR) is 73.7 cm³/mol. The van der Waals surface area contributed by atoms with Crippen molar-refractivity contribution in [3.63, 3.8) is 0 Å². The molecule has 2 N–H and O–H groups in total. The minimum absolute atomic E-state index is 1.09. The maximum Gasteiger partial charge on any atom is 0.0886 e. The maximum atomic E-state index is 4.08. The molecule has 3 nitrogen and oxygen atoms in total. The van der Waals surface area contributed by atoms with Crippen LogP contribution in [-0.4, -0.2) is 17.2 Å². The largest absolute Gasteiger partial charge is 0.380 e. The van der Waals surface area contributed by atoms with Crippen molar-refractivity contribution in [3.8, 4) is 10.4 Å². The molecule has 0 aliphatic rings. The summed E-state index contributed by atoms with van der Waals surface area (Å²) >= 11 is 1.77. The number of nitrogens with one attached hydrogen (secondary N) is 2. The SMILES string of the molecule is CNc1ccc(-c2ccc3[nH]ncc3c2C)s1. The van der Waals surface area contributed by atoms with E-state index < -0.39 is 0 Å². The van der Waals surface area contributed by atoms with E-state index in [2.05, 4.69) is 46.7 Å². The molecule has 0 spiro atoms. The minimum Gasteiger partial charge on any atom is -0.380 e. The van der Waals surface area contributed by atoms with Gasteiger partial charge in [0.2, 0.25) is 0 Å². The molecule has 0 aliphatic heterocycles. The van der Waals surface area contributed by atoms with Gasteiger partial charge in [-0.1, -0.05) is 6.07 Å². The zero-order valence-corrected chi connectivity index (χ0v) is 10.6. The highest BCUT2D eigenvalue weighted by molar-refractivity contribution is 7.19. The molecule has 0 saturated carbocycles. The van der Waals surface area contributed by atoms with E-state index in [0.717, 1.165) is 5.52 Å². The third-order valence-electron chi connectivity index (χ3n) is 3.01. The molecule has 2 aromatic heterocycles. The first kappa shape index (κ1) is 10.4. The fraction of sp³-hybridized carbons (Fsp3) is 0.154. The number of hydrogen-bond acceptors (Lipinski definition) is 3. The van der Waals surface area contributed by atoms with E-state index in [1.54, 1.807) is 11.3 Å². The molecule has 1 aromatic carbocycles. The number of aromatic nitrogens is 2. The van der Waals surface area contributed by atoms with Crippen LogP contribution >= 0.6 is 11.3 Å². The third kappa shape index (κ3) is 1.61. The van der Waals surface area contributed by atoms with Gasteiger partial charge in [0.1, 0.15) is 0 Å². The molecule has 17 heavy (non-hydrogen) atoms. The molecule has 0 atom stereocenters. The van der Waals surface area contributed by atoms with Crippen molar-refractivity contribution in [2.24, 2.45) is 0 Å². The summed E-state index contributed by atoms with van der Waals surface area (Å²) in [7, 11) is 1.95. The van der Waals surface area contributed by atoms with Gasteiger partial charge in [0.05, 0.1) is 16.7 Å². The Bertz CT molecular complexity index is 666. The van der Waals surface area contributed by atoms with Gasteiger partial charge in [0.15, 0.2) is 0 Å². The average Bonchev–Trinajstić information content (AvgIpc) is 2.97. The number of thiophene rings is 1. The average molecular weight is 243 g/mol. The van der Waals surface area contributed by atoms with Gasteiger partial charge < -0.3 is 5.32 Å². The van der Waals surface area contributed by atoms with Crippen LogP contribution in [0.25, 0.3) is 21.3 Å². The lowest BCUT2D eigenvalue weighted by molar-refractivity contribution is 1.12. The fourth-order valence-electron chi connectivity index (χ4n) is 2.04. The second-order valence-electron chi connectivity index (χ2n) is 3.98. The van der Waals surface area contributed by atoms with Gasteiger partial charge in [-0.3, -0.25) is 5.10 Å². The first-order valence-corrected chi connectivity index (χ1v) is 6.32. The number of aryl methyl sites for hydroxylation is 1. The second-order valence-corrected chi connectivity index (χ2v) is 5.07. The quantitative estimate of drug-likeness (QED) is 0.721. The van der Waals surface area contributed by atoms with Crippen LogP contribution in [-0.2, 0) is 0 Å². The van der Waals surface area contributed by atoms with Crippen LogP contribution in [0.1, 0.15) is 5.56 Å². The Morgan fingerprint density at radius 1 is 1.24 bits per heavy atom. The molecular weight excluding hydrogens is 230 g/mol. The molecule has 3 aromatic rings. The van der Waals surface area contributed by atoms with Crippen molar-refractivity contribution in [1.29, 1.82) is 0 Å². The van der Waals surface area contributed by atoms with Gasteiger partial charge in [0, 0.05) is 17.3 Å². The van der Waals surface area contributed by atoms with Gasteiger partial charge in [0.25, 0.3) is 0 Å². The van der Waals surface area contributed by atoms with Crippen LogP contribution < -0.4 is 5.32 Å². The van der Waals surface area contributed by atoms with Gasteiger partial charge in [-0.2, -0.15) is 5.10 Å². The number of aromatic amines is 1. The summed E-state index contributed by atoms with van der Waals surface area (Å²) in [5.74, 6) is 0. The van der Waals surface area contributed by atoms with Gasteiger partial charge in [-0.05, 0) is 36.2 Å². The Labute approximate surface area is 103 Å². The lowest BCUT2D eigenvalue weighted by Crippen LogP contribution is -1.81. The number of rotatable bonds is 2. The van der Waals surface area contributed by atoms with Crippen molar-refractivity contribution >= 4 is 27.2 Å². The van der Waals surface area contributed by atoms with Crippen molar-refractivity contribution in [2.75, 3.05) is 12.4 Å². The Balaban J connectivity index is 2.19. The normalized spacial score (nSPS) is 10.9. The number of anilines is 1. The first-order valence-electron chi connectivity index (χ1n) is 5.50. The molecule has 0 fully saturated rings. The molecule has 0 unspecified atom stereocenters. The molecule has 0 bridgehead atoms. The van der Waals surface area contributed by atoms with Crippen LogP contribution in [0, 0.1) is 6.92 Å². The summed E-state index contributed by atoms with van der Waals surface area (Å²) in [5.41, 5.74) is 3.66. The summed E-state index contributed by atoms with van der Waals surface area (Å²) in [6, 6.07) is 8.51. The third-order valence-corrected chi connectivity index (χ3v) is 4.15. The van der Waals surface area contributed by atoms with E-state index in [0.29, 0.717) is 0 Å². The summed E-state index contributed by atoms with van der Waals surface area (Å²) in [6.45, 7) is 2.14. The highest BCUT2D eigenvalue weighted by atomic mass is 32.1. The summed E-state index contributed by atoms with van der Waals surface area (Å²) in [5, 5.41) is 12.6. The van der Waals surface area contributed by atoms with Gasteiger partial charge in [-0.25, -0.2) is 0 Å². The van der Waals surface area contributed by atoms with E-state index in [1.807, 2.05) is 13.2 Å². The molecule has 0 saturated heterocycles. The van der Waals surface area contributed by atoms with Crippen LogP contribution in [0.4, 0.5) is 5.00 Å². The van der Waals surface area contributed by atoms with Crippen LogP contribution in [0.3, 0.4) is 0 Å². The summed E-state index contributed by atoms with van der Waals surface area (Å²) in [4.78, 5) is 1.29. The van der Waals surface area contributed by atoms with Crippen molar-refractivity contribution in [2.45, 2.75) is 6.92 Å². The highest BCUT2D eigenvalue weighted by Gasteiger charge is 2.08. The number of hydrogen-bond donors (Lipinski definition) is 2. The Hall–Kier alpha value is -1.81. The fourth-order valence-corrected chi connectivity index (χ4v) is 2.98. The van der Waals surface area contributed by atoms with Gasteiger partial charge in [-0.15, -0.1) is 11.3 Å². The Morgan fingerprint density at radius 3 is 2.88 bits per heavy atom. The predicted octanol–water partition coefficient (Wildman–Crippen LogP) is 3.64. The van der Waals surface area contributed by atoms with Crippen molar-refractivity contribution in [3.05, 3.63) is 36.0 Å².